The van der Waals surface area contributed by atoms with Gasteiger partial charge in [0.2, 0.25) is 0 Å². The van der Waals surface area contributed by atoms with Crippen molar-refractivity contribution in [3.63, 3.8) is 0 Å². The van der Waals surface area contributed by atoms with Crippen LogP contribution in [0.4, 0.5) is 5.82 Å². The van der Waals surface area contributed by atoms with E-state index >= 15 is 0 Å². The first-order valence-electron chi connectivity index (χ1n) is 6.30. The number of piperidine rings is 1. The van der Waals surface area contributed by atoms with E-state index in [2.05, 4.69) is 38.8 Å². The number of hydrogen-bond donors (Lipinski definition) is 1. The first-order valence-corrected chi connectivity index (χ1v) is 7.09. The molecule has 2 rings (SSSR count). The number of aliphatic hydroxyl groups is 1. The topological polar surface area (TPSA) is 45.6 Å². The number of aryl methyl sites for hydroxylation is 1. The third-order valence-corrected chi connectivity index (χ3v) is 4.07. The molecular weight excluding hydrogens is 296 g/mol. The van der Waals surface area contributed by atoms with Gasteiger partial charge in [0.05, 0.1) is 19.3 Å². The van der Waals surface area contributed by atoms with Crippen molar-refractivity contribution >= 4 is 21.7 Å². The zero-order chi connectivity index (χ0) is 13.0. The fourth-order valence-corrected chi connectivity index (χ4v) is 2.39. The van der Waals surface area contributed by atoms with E-state index in [4.69, 9.17) is 9.84 Å². The molecule has 0 spiro atoms. The summed E-state index contributed by atoms with van der Waals surface area (Å²) in [7, 11) is 0. The minimum absolute atomic E-state index is 0.105. The first kappa shape index (κ1) is 13.8. The summed E-state index contributed by atoms with van der Waals surface area (Å²) in [5.74, 6) is 1.04. The van der Waals surface area contributed by atoms with Crippen LogP contribution in [0.25, 0.3) is 0 Å². The van der Waals surface area contributed by atoms with E-state index in [9.17, 15) is 0 Å². The first-order chi connectivity index (χ1) is 8.70. The van der Waals surface area contributed by atoms with Crippen molar-refractivity contribution in [2.75, 3.05) is 31.2 Å². The molecule has 1 aromatic rings. The van der Waals surface area contributed by atoms with Gasteiger partial charge in [0.25, 0.3) is 0 Å². The van der Waals surface area contributed by atoms with E-state index in [1.54, 1.807) is 0 Å². The molecule has 1 saturated heterocycles. The van der Waals surface area contributed by atoms with E-state index < -0.39 is 0 Å². The van der Waals surface area contributed by atoms with Gasteiger partial charge in [0, 0.05) is 23.8 Å². The Morgan fingerprint density at radius 1 is 1.50 bits per heavy atom. The maximum absolute atomic E-state index is 8.73. The highest BCUT2D eigenvalue weighted by Gasteiger charge is 2.20. The van der Waals surface area contributed by atoms with Gasteiger partial charge in [-0.25, -0.2) is 4.98 Å². The lowest BCUT2D eigenvalue weighted by Gasteiger charge is -2.32. The Morgan fingerprint density at radius 3 is 2.83 bits per heavy atom. The number of rotatable bonds is 4. The predicted molar refractivity (Wildman–Crippen MR) is 74.9 cm³/mol. The summed E-state index contributed by atoms with van der Waals surface area (Å²) in [4.78, 5) is 6.74. The van der Waals surface area contributed by atoms with Crippen molar-refractivity contribution in [1.29, 1.82) is 0 Å². The molecule has 1 N–H and O–H groups in total. The van der Waals surface area contributed by atoms with E-state index in [0.717, 1.165) is 36.2 Å². The molecule has 2 heterocycles. The number of anilines is 1. The van der Waals surface area contributed by atoms with E-state index in [-0.39, 0.29) is 12.7 Å². The molecule has 0 atom stereocenters. The Balaban J connectivity index is 1.90. The highest BCUT2D eigenvalue weighted by atomic mass is 79.9. The predicted octanol–water partition coefficient (Wildman–Crippen LogP) is 2.13. The summed E-state index contributed by atoms with van der Waals surface area (Å²) in [6.45, 7) is 4.55. The molecule has 0 unspecified atom stereocenters. The van der Waals surface area contributed by atoms with Gasteiger partial charge >= 0.3 is 0 Å². The van der Waals surface area contributed by atoms with Crippen LogP contribution >= 0.6 is 15.9 Å². The number of aliphatic hydroxyl groups excluding tert-OH is 1. The zero-order valence-electron chi connectivity index (χ0n) is 10.6. The third kappa shape index (κ3) is 3.43. The van der Waals surface area contributed by atoms with Gasteiger partial charge in [-0.3, -0.25) is 0 Å². The van der Waals surface area contributed by atoms with Crippen LogP contribution in [-0.4, -0.2) is 42.5 Å². The molecule has 1 aliphatic rings. The van der Waals surface area contributed by atoms with Crippen LogP contribution < -0.4 is 4.90 Å². The molecule has 0 radical (unpaired) electrons. The van der Waals surface area contributed by atoms with Crippen LogP contribution in [0.1, 0.15) is 18.4 Å². The summed E-state index contributed by atoms with van der Waals surface area (Å²) >= 11 is 3.47. The summed E-state index contributed by atoms with van der Waals surface area (Å²) in [5.41, 5.74) is 1.21. The zero-order valence-corrected chi connectivity index (χ0v) is 12.2. The molecule has 100 valence electrons. The molecule has 0 aliphatic carbocycles. The summed E-state index contributed by atoms with van der Waals surface area (Å²) in [6.07, 6.45) is 4.14. The minimum atomic E-state index is 0.105. The van der Waals surface area contributed by atoms with E-state index in [0.29, 0.717) is 6.61 Å². The van der Waals surface area contributed by atoms with Crippen LogP contribution in [0.2, 0.25) is 0 Å². The molecule has 4 nitrogen and oxygen atoms in total. The average molecular weight is 315 g/mol. The molecule has 0 bridgehead atoms. The smallest absolute Gasteiger partial charge is 0.128 e. The van der Waals surface area contributed by atoms with Gasteiger partial charge in [0.15, 0.2) is 0 Å². The highest BCUT2D eigenvalue weighted by Crippen LogP contribution is 2.23. The molecule has 0 saturated carbocycles. The van der Waals surface area contributed by atoms with Gasteiger partial charge < -0.3 is 14.7 Å². The van der Waals surface area contributed by atoms with Crippen LogP contribution in [0, 0.1) is 6.92 Å². The molecule has 1 aliphatic heterocycles. The number of aromatic nitrogens is 1. The standard InChI is InChI=1S/C13H19BrN2O2/c1-10-8-13(15-9-12(10)14)16-4-2-11(3-5-16)18-7-6-17/h8-9,11,17H,2-7H2,1H3. The van der Waals surface area contributed by atoms with Gasteiger partial charge in [-0.05, 0) is 47.3 Å². The van der Waals surface area contributed by atoms with Crippen molar-refractivity contribution in [3.05, 3.63) is 22.3 Å². The van der Waals surface area contributed by atoms with Gasteiger partial charge in [-0.1, -0.05) is 0 Å². The average Bonchev–Trinajstić information content (AvgIpc) is 2.40. The van der Waals surface area contributed by atoms with Crippen LogP contribution in [0.5, 0.6) is 0 Å². The van der Waals surface area contributed by atoms with Gasteiger partial charge in [-0.2, -0.15) is 0 Å². The van der Waals surface area contributed by atoms with Crippen LogP contribution in [-0.2, 0) is 4.74 Å². The fraction of sp³-hybridized carbons (Fsp3) is 0.615. The number of hydrogen-bond acceptors (Lipinski definition) is 4. The molecule has 18 heavy (non-hydrogen) atoms. The highest BCUT2D eigenvalue weighted by molar-refractivity contribution is 9.10. The van der Waals surface area contributed by atoms with Crippen molar-refractivity contribution < 1.29 is 9.84 Å². The second-order valence-electron chi connectivity index (χ2n) is 4.57. The molecule has 0 amide bonds. The molecular formula is C13H19BrN2O2. The lowest BCUT2D eigenvalue weighted by Crippen LogP contribution is -2.37. The number of ether oxygens (including phenoxy) is 1. The largest absolute Gasteiger partial charge is 0.394 e. The Morgan fingerprint density at radius 2 is 2.22 bits per heavy atom. The molecule has 1 aromatic heterocycles. The monoisotopic (exact) mass is 314 g/mol. The summed E-state index contributed by atoms with van der Waals surface area (Å²) < 4.78 is 6.60. The second kappa shape index (κ2) is 6.50. The quantitative estimate of drug-likeness (QED) is 0.924. The van der Waals surface area contributed by atoms with Crippen LogP contribution in [0.3, 0.4) is 0 Å². The van der Waals surface area contributed by atoms with Crippen molar-refractivity contribution in [2.24, 2.45) is 0 Å². The number of pyridine rings is 1. The van der Waals surface area contributed by atoms with Crippen molar-refractivity contribution in [1.82, 2.24) is 4.98 Å². The van der Waals surface area contributed by atoms with Crippen molar-refractivity contribution in [2.45, 2.75) is 25.9 Å². The minimum Gasteiger partial charge on any atom is -0.394 e. The Kier molecular flexibility index (Phi) is 4.97. The Labute approximate surface area is 116 Å². The van der Waals surface area contributed by atoms with E-state index in [1.807, 2.05) is 6.20 Å². The maximum Gasteiger partial charge on any atom is 0.128 e. The SMILES string of the molecule is Cc1cc(N2CCC(OCCO)CC2)ncc1Br. The third-order valence-electron chi connectivity index (χ3n) is 3.24. The molecule has 0 aromatic carbocycles. The van der Waals surface area contributed by atoms with Gasteiger partial charge in [-0.15, -0.1) is 0 Å². The lowest BCUT2D eigenvalue weighted by molar-refractivity contribution is 0.0158. The molecule has 1 fully saturated rings. The van der Waals surface area contributed by atoms with E-state index in [1.165, 1.54) is 5.56 Å². The Bertz CT molecular complexity index is 393. The summed E-state index contributed by atoms with van der Waals surface area (Å²) in [5, 5.41) is 8.73. The number of halogens is 1. The van der Waals surface area contributed by atoms with Crippen molar-refractivity contribution in [3.8, 4) is 0 Å². The van der Waals surface area contributed by atoms with Crippen LogP contribution in [0.15, 0.2) is 16.7 Å². The van der Waals surface area contributed by atoms with Gasteiger partial charge in [0.1, 0.15) is 5.82 Å². The maximum atomic E-state index is 8.73. The fourth-order valence-electron chi connectivity index (χ4n) is 2.17. The second-order valence-corrected chi connectivity index (χ2v) is 5.43. The Hall–Kier alpha value is -0.650. The normalized spacial score (nSPS) is 17.2. The summed E-state index contributed by atoms with van der Waals surface area (Å²) in [6, 6.07) is 2.11. The lowest BCUT2D eigenvalue weighted by atomic mass is 10.1. The molecule has 5 heteroatoms. The number of nitrogens with zero attached hydrogens (tertiary/aromatic N) is 2.